The lowest BCUT2D eigenvalue weighted by atomic mass is 9.75. The molecule has 0 amide bonds. The number of hydrogen-bond acceptors (Lipinski definition) is 4. The summed E-state index contributed by atoms with van der Waals surface area (Å²) in [6.45, 7) is 2.40. The lowest BCUT2D eigenvalue weighted by Gasteiger charge is -2.28. The van der Waals surface area contributed by atoms with Gasteiger partial charge < -0.3 is 14.2 Å². The predicted molar refractivity (Wildman–Crippen MR) is 117 cm³/mol. The summed E-state index contributed by atoms with van der Waals surface area (Å²) in [5, 5.41) is 0. The van der Waals surface area contributed by atoms with Gasteiger partial charge in [0.25, 0.3) is 0 Å². The number of fused-ring (bicyclic) bond motifs is 1. The summed E-state index contributed by atoms with van der Waals surface area (Å²) in [6.07, 6.45) is 9.51. The molecule has 4 rings (SSSR count). The lowest BCUT2D eigenvalue weighted by Crippen LogP contribution is -2.23. The van der Waals surface area contributed by atoms with Crippen molar-refractivity contribution in [3.63, 3.8) is 0 Å². The number of terminal acetylenes is 1. The van der Waals surface area contributed by atoms with Crippen LogP contribution in [0.1, 0.15) is 37.4 Å². The van der Waals surface area contributed by atoms with Gasteiger partial charge >= 0.3 is 0 Å². The lowest BCUT2D eigenvalue weighted by molar-refractivity contribution is 0.174. The fourth-order valence-electron chi connectivity index (χ4n) is 3.81. The fraction of sp³-hybridized carbons (Fsp3) is 0.269. The van der Waals surface area contributed by atoms with Crippen LogP contribution in [-0.2, 0) is 11.8 Å². The van der Waals surface area contributed by atoms with Crippen LogP contribution in [0.2, 0.25) is 0 Å². The first kappa shape index (κ1) is 19.8. The number of rotatable bonds is 8. The van der Waals surface area contributed by atoms with E-state index >= 15 is 0 Å². The summed E-state index contributed by atoms with van der Waals surface area (Å²) in [7, 11) is 0. The van der Waals surface area contributed by atoms with E-state index in [0.717, 1.165) is 54.2 Å². The summed E-state index contributed by atoms with van der Waals surface area (Å²) in [5.41, 5.74) is 1.76. The van der Waals surface area contributed by atoms with Gasteiger partial charge in [-0.1, -0.05) is 43.2 Å². The number of hydrogen-bond donors (Lipinski definition) is 0. The molecular formula is C26H25NO3. The highest BCUT2D eigenvalue weighted by Crippen LogP contribution is 2.40. The van der Waals surface area contributed by atoms with Crippen molar-refractivity contribution in [2.24, 2.45) is 0 Å². The topological polar surface area (TPSA) is 40.6 Å². The molecule has 0 saturated carbocycles. The first-order valence-electron chi connectivity index (χ1n) is 10.3. The zero-order chi connectivity index (χ0) is 20.8. The molecule has 1 aliphatic heterocycles. The standard InChI is InChI=1S/C26H25NO3/c1-3-26(4-2,20-15-16-23-24(18-20)29-19-28-23)17-9-11-21-10-8-14-25(27-21)30-22-12-6-5-7-13-22/h1,5-8,10,12-16,18H,4,9,11,17,19H2,2H3. The van der Waals surface area contributed by atoms with Gasteiger partial charge in [-0.05, 0) is 61.6 Å². The Morgan fingerprint density at radius 3 is 2.67 bits per heavy atom. The molecule has 0 bridgehead atoms. The van der Waals surface area contributed by atoms with Crippen LogP contribution in [0.5, 0.6) is 23.1 Å². The van der Waals surface area contributed by atoms with Gasteiger partial charge in [0.05, 0.1) is 5.41 Å². The van der Waals surface area contributed by atoms with Crippen molar-refractivity contribution in [3.8, 4) is 35.5 Å². The minimum absolute atomic E-state index is 0.265. The van der Waals surface area contributed by atoms with Gasteiger partial charge in [0, 0.05) is 11.8 Å². The molecule has 0 radical (unpaired) electrons. The Bertz CT molecular complexity index is 1040. The Kier molecular flexibility index (Phi) is 5.90. The number of aryl methyl sites for hydroxylation is 1. The van der Waals surface area contributed by atoms with Crippen molar-refractivity contribution >= 4 is 0 Å². The third-order valence-electron chi connectivity index (χ3n) is 5.59. The molecule has 0 aliphatic carbocycles. The number of benzene rings is 2. The van der Waals surface area contributed by atoms with Crippen molar-refractivity contribution in [2.75, 3.05) is 6.79 Å². The SMILES string of the molecule is C#CC(CC)(CCCc1cccc(Oc2ccccc2)n1)c1ccc2c(c1)OCO2. The van der Waals surface area contributed by atoms with E-state index in [1.807, 2.05) is 60.7 Å². The van der Waals surface area contributed by atoms with Crippen LogP contribution in [0, 0.1) is 12.3 Å². The summed E-state index contributed by atoms with van der Waals surface area (Å²) < 4.78 is 16.8. The molecule has 3 aromatic rings. The molecule has 0 saturated heterocycles. The van der Waals surface area contributed by atoms with Crippen molar-refractivity contribution in [1.29, 1.82) is 0 Å². The maximum Gasteiger partial charge on any atom is 0.231 e. The van der Waals surface area contributed by atoms with E-state index in [9.17, 15) is 0 Å². The van der Waals surface area contributed by atoms with Gasteiger partial charge in [-0.3, -0.25) is 0 Å². The average Bonchev–Trinajstić information content (AvgIpc) is 3.26. The van der Waals surface area contributed by atoms with E-state index in [4.69, 9.17) is 20.6 Å². The molecule has 0 spiro atoms. The van der Waals surface area contributed by atoms with Crippen molar-refractivity contribution in [3.05, 3.63) is 78.0 Å². The number of aromatic nitrogens is 1. The maximum absolute atomic E-state index is 6.03. The summed E-state index contributed by atoms with van der Waals surface area (Å²) in [5.74, 6) is 6.00. The molecule has 1 atom stereocenters. The Balaban J connectivity index is 1.43. The Hall–Kier alpha value is -3.45. The summed E-state index contributed by atoms with van der Waals surface area (Å²) in [6, 6.07) is 21.6. The van der Waals surface area contributed by atoms with Crippen LogP contribution < -0.4 is 14.2 Å². The second-order valence-electron chi connectivity index (χ2n) is 7.38. The zero-order valence-corrected chi connectivity index (χ0v) is 17.1. The van der Waals surface area contributed by atoms with E-state index < -0.39 is 0 Å². The van der Waals surface area contributed by atoms with Crippen molar-refractivity contribution in [1.82, 2.24) is 4.98 Å². The van der Waals surface area contributed by atoms with Gasteiger partial charge in [-0.2, -0.15) is 0 Å². The van der Waals surface area contributed by atoms with E-state index in [1.54, 1.807) is 0 Å². The third kappa shape index (κ3) is 4.26. The molecule has 2 aromatic carbocycles. The maximum atomic E-state index is 6.03. The van der Waals surface area contributed by atoms with Crippen LogP contribution in [0.15, 0.2) is 66.7 Å². The molecule has 4 nitrogen and oxygen atoms in total. The molecule has 1 aliphatic rings. The largest absolute Gasteiger partial charge is 0.454 e. The van der Waals surface area contributed by atoms with Gasteiger partial charge in [0.1, 0.15) is 5.75 Å². The van der Waals surface area contributed by atoms with Gasteiger partial charge in [0.2, 0.25) is 12.7 Å². The third-order valence-corrected chi connectivity index (χ3v) is 5.59. The molecule has 152 valence electrons. The second-order valence-corrected chi connectivity index (χ2v) is 7.38. The van der Waals surface area contributed by atoms with Gasteiger partial charge in [-0.25, -0.2) is 4.98 Å². The zero-order valence-electron chi connectivity index (χ0n) is 17.1. The van der Waals surface area contributed by atoms with E-state index in [0.29, 0.717) is 5.88 Å². The molecule has 1 unspecified atom stereocenters. The first-order chi connectivity index (χ1) is 14.7. The highest BCUT2D eigenvalue weighted by molar-refractivity contribution is 5.48. The summed E-state index contributed by atoms with van der Waals surface area (Å²) in [4.78, 5) is 4.65. The minimum atomic E-state index is -0.334. The van der Waals surface area contributed by atoms with Gasteiger partial charge in [0.15, 0.2) is 11.5 Å². The molecular weight excluding hydrogens is 374 g/mol. The average molecular weight is 399 g/mol. The quantitative estimate of drug-likeness (QED) is 0.442. The van der Waals surface area contributed by atoms with E-state index in [2.05, 4.69) is 23.9 Å². The Labute approximate surface area is 177 Å². The number of para-hydroxylation sites is 1. The van der Waals surface area contributed by atoms with Crippen LogP contribution in [0.25, 0.3) is 0 Å². The van der Waals surface area contributed by atoms with Crippen molar-refractivity contribution < 1.29 is 14.2 Å². The first-order valence-corrected chi connectivity index (χ1v) is 10.3. The monoisotopic (exact) mass is 399 g/mol. The molecule has 2 heterocycles. The normalized spacial score (nSPS) is 14.0. The van der Waals surface area contributed by atoms with Crippen LogP contribution in [0.4, 0.5) is 0 Å². The van der Waals surface area contributed by atoms with Crippen LogP contribution in [0.3, 0.4) is 0 Å². The Morgan fingerprint density at radius 2 is 1.87 bits per heavy atom. The van der Waals surface area contributed by atoms with E-state index in [1.165, 1.54) is 0 Å². The van der Waals surface area contributed by atoms with E-state index in [-0.39, 0.29) is 12.2 Å². The van der Waals surface area contributed by atoms with Crippen molar-refractivity contribution in [2.45, 2.75) is 38.0 Å². The number of ether oxygens (including phenoxy) is 3. The minimum Gasteiger partial charge on any atom is -0.454 e. The predicted octanol–water partition coefficient (Wildman–Crippen LogP) is 5.91. The molecule has 0 N–H and O–H groups in total. The van der Waals surface area contributed by atoms with Crippen LogP contribution in [-0.4, -0.2) is 11.8 Å². The number of nitrogens with zero attached hydrogens (tertiary/aromatic N) is 1. The highest BCUT2D eigenvalue weighted by Gasteiger charge is 2.29. The second kappa shape index (κ2) is 8.92. The molecule has 30 heavy (non-hydrogen) atoms. The smallest absolute Gasteiger partial charge is 0.231 e. The Morgan fingerprint density at radius 1 is 1.03 bits per heavy atom. The molecule has 0 fully saturated rings. The van der Waals surface area contributed by atoms with Gasteiger partial charge in [-0.15, -0.1) is 6.42 Å². The fourth-order valence-corrected chi connectivity index (χ4v) is 3.81. The highest BCUT2D eigenvalue weighted by atomic mass is 16.7. The summed E-state index contributed by atoms with van der Waals surface area (Å²) >= 11 is 0. The molecule has 1 aromatic heterocycles. The number of pyridine rings is 1. The van der Waals surface area contributed by atoms with Crippen LogP contribution >= 0.6 is 0 Å². The molecule has 4 heteroatoms.